The van der Waals surface area contributed by atoms with Gasteiger partial charge in [-0.3, -0.25) is 9.59 Å². The Bertz CT molecular complexity index is 864. The molecular formula is C20H21F3N2O3. The van der Waals surface area contributed by atoms with E-state index in [0.29, 0.717) is 0 Å². The Balaban J connectivity index is 2.10. The highest BCUT2D eigenvalue weighted by Gasteiger charge is 2.31. The van der Waals surface area contributed by atoms with E-state index in [4.69, 9.17) is 5.73 Å². The number of hydrogen-bond donors (Lipinski definition) is 3. The number of aryl methyl sites for hydroxylation is 2. The zero-order valence-corrected chi connectivity index (χ0v) is 15.4. The molecule has 0 aromatic heterocycles. The van der Waals surface area contributed by atoms with Gasteiger partial charge in [0.1, 0.15) is 6.04 Å². The van der Waals surface area contributed by atoms with Crippen LogP contribution >= 0.6 is 0 Å². The lowest BCUT2D eigenvalue weighted by Gasteiger charge is -2.19. The number of benzene rings is 2. The normalized spacial score (nSPS) is 13.6. The minimum absolute atomic E-state index is 0.0279. The summed E-state index contributed by atoms with van der Waals surface area (Å²) in [5.41, 5.74) is 7.28. The highest BCUT2D eigenvalue weighted by molar-refractivity contribution is 5.89. The summed E-state index contributed by atoms with van der Waals surface area (Å²) in [6.07, 6.45) is -6.12. The molecule has 0 radical (unpaired) electrons. The molecule has 0 aliphatic heterocycles. The third kappa shape index (κ3) is 5.32. The smallest absolute Gasteiger partial charge is 0.378 e. The van der Waals surface area contributed by atoms with Gasteiger partial charge < -0.3 is 16.2 Å². The first-order valence-electron chi connectivity index (χ1n) is 8.50. The molecule has 0 aliphatic carbocycles. The summed E-state index contributed by atoms with van der Waals surface area (Å²) in [5, 5.41) is 12.5. The minimum atomic E-state index is -4.52. The van der Waals surface area contributed by atoms with Gasteiger partial charge in [-0.05, 0) is 48.2 Å². The van der Waals surface area contributed by atoms with Crippen molar-refractivity contribution in [3.63, 3.8) is 0 Å². The van der Waals surface area contributed by atoms with Gasteiger partial charge in [-0.15, -0.1) is 0 Å². The van der Waals surface area contributed by atoms with Gasteiger partial charge in [0, 0.05) is 6.42 Å². The first kappa shape index (κ1) is 21.4. The second-order valence-corrected chi connectivity index (χ2v) is 6.61. The van der Waals surface area contributed by atoms with Gasteiger partial charge in [-0.25, -0.2) is 0 Å². The molecule has 28 heavy (non-hydrogen) atoms. The van der Waals surface area contributed by atoms with Gasteiger partial charge in [0.2, 0.25) is 5.91 Å². The monoisotopic (exact) mass is 394 g/mol. The summed E-state index contributed by atoms with van der Waals surface area (Å²) in [5.74, 6) is -1.71. The molecule has 2 aromatic carbocycles. The molecule has 8 heteroatoms. The molecule has 2 amide bonds. The molecule has 2 aromatic rings. The Morgan fingerprint density at radius 1 is 1.07 bits per heavy atom. The van der Waals surface area contributed by atoms with Crippen LogP contribution in [0, 0.1) is 13.8 Å². The summed E-state index contributed by atoms with van der Waals surface area (Å²) in [6, 6.07) is 8.03. The van der Waals surface area contributed by atoms with Crippen molar-refractivity contribution < 1.29 is 27.9 Å². The molecular weight excluding hydrogens is 373 g/mol. The first-order chi connectivity index (χ1) is 13.0. The predicted octanol–water partition coefficient (Wildman–Crippen LogP) is 2.57. The quantitative estimate of drug-likeness (QED) is 0.703. The SMILES string of the molecule is Cc1ccc(C[C@@H](NC(=O)[C@@H](O)c2ccc(C(F)(F)F)cc2)C(N)=O)cc1C. The van der Waals surface area contributed by atoms with Gasteiger partial charge in [0.05, 0.1) is 5.56 Å². The molecule has 0 spiro atoms. The standard InChI is InChI=1S/C20H21F3N2O3/c1-11-3-4-13(9-12(11)2)10-16(18(24)27)25-19(28)17(26)14-5-7-15(8-6-14)20(21,22)23/h3-9,16-17,26H,10H2,1-2H3,(H2,24,27)(H,25,28)/t16-,17+/m1/s1. The molecule has 4 N–H and O–H groups in total. The number of rotatable bonds is 6. The van der Waals surface area contributed by atoms with Crippen LogP contribution < -0.4 is 11.1 Å². The topological polar surface area (TPSA) is 92.4 Å². The van der Waals surface area contributed by atoms with Crippen LogP contribution in [0.4, 0.5) is 13.2 Å². The van der Waals surface area contributed by atoms with Crippen molar-refractivity contribution in [2.75, 3.05) is 0 Å². The number of aliphatic hydroxyl groups is 1. The maximum Gasteiger partial charge on any atom is 0.416 e. The Labute approximate surface area is 160 Å². The number of nitrogens with one attached hydrogen (secondary N) is 1. The number of hydrogen-bond acceptors (Lipinski definition) is 3. The summed E-state index contributed by atoms with van der Waals surface area (Å²) >= 11 is 0. The van der Waals surface area contributed by atoms with E-state index in [-0.39, 0.29) is 12.0 Å². The summed E-state index contributed by atoms with van der Waals surface area (Å²) in [4.78, 5) is 24.0. The number of halogens is 3. The molecule has 0 heterocycles. The number of amides is 2. The molecule has 0 fully saturated rings. The number of carbonyl (C=O) groups is 2. The maximum atomic E-state index is 12.6. The second-order valence-electron chi connectivity index (χ2n) is 6.61. The fourth-order valence-electron chi connectivity index (χ4n) is 2.65. The second kappa shape index (κ2) is 8.43. The number of carbonyl (C=O) groups excluding carboxylic acids is 2. The Morgan fingerprint density at radius 2 is 1.68 bits per heavy atom. The highest BCUT2D eigenvalue weighted by Crippen LogP contribution is 2.30. The van der Waals surface area contributed by atoms with E-state index in [1.54, 1.807) is 6.07 Å². The fraction of sp³-hybridized carbons (Fsp3) is 0.300. The lowest BCUT2D eigenvalue weighted by Crippen LogP contribution is -2.47. The fourth-order valence-corrected chi connectivity index (χ4v) is 2.65. The Morgan fingerprint density at radius 3 is 2.18 bits per heavy atom. The van der Waals surface area contributed by atoms with Gasteiger partial charge >= 0.3 is 6.18 Å². The highest BCUT2D eigenvalue weighted by atomic mass is 19.4. The van der Waals surface area contributed by atoms with Gasteiger partial charge in [0.25, 0.3) is 5.91 Å². The zero-order valence-electron chi connectivity index (χ0n) is 15.4. The van der Waals surface area contributed by atoms with E-state index in [0.717, 1.165) is 41.0 Å². The molecule has 2 rings (SSSR count). The zero-order chi connectivity index (χ0) is 21.1. The number of aliphatic hydroxyl groups excluding tert-OH is 1. The Hall–Kier alpha value is -2.87. The van der Waals surface area contributed by atoms with Crippen LogP contribution in [0.5, 0.6) is 0 Å². The third-order valence-corrected chi connectivity index (χ3v) is 4.47. The molecule has 150 valence electrons. The first-order valence-corrected chi connectivity index (χ1v) is 8.50. The van der Waals surface area contributed by atoms with Crippen molar-refractivity contribution >= 4 is 11.8 Å². The van der Waals surface area contributed by atoms with Gasteiger partial charge in [-0.2, -0.15) is 13.2 Å². The van der Waals surface area contributed by atoms with Crippen molar-refractivity contribution in [1.82, 2.24) is 5.32 Å². The van der Waals surface area contributed by atoms with Crippen LogP contribution in [0.2, 0.25) is 0 Å². The van der Waals surface area contributed by atoms with Crippen LogP contribution in [0.15, 0.2) is 42.5 Å². The van der Waals surface area contributed by atoms with Crippen molar-refractivity contribution in [2.24, 2.45) is 5.73 Å². The Kier molecular flexibility index (Phi) is 6.45. The lowest BCUT2D eigenvalue weighted by molar-refractivity contribution is -0.137. The summed E-state index contributed by atoms with van der Waals surface area (Å²) in [6.45, 7) is 3.85. The molecule has 0 bridgehead atoms. The maximum absolute atomic E-state index is 12.6. The van der Waals surface area contributed by atoms with E-state index in [2.05, 4.69) is 5.32 Å². The lowest BCUT2D eigenvalue weighted by atomic mass is 10.00. The van der Waals surface area contributed by atoms with E-state index >= 15 is 0 Å². The van der Waals surface area contributed by atoms with E-state index in [9.17, 15) is 27.9 Å². The molecule has 0 saturated heterocycles. The number of nitrogens with two attached hydrogens (primary N) is 1. The van der Waals surface area contributed by atoms with Crippen molar-refractivity contribution in [3.05, 3.63) is 70.3 Å². The predicted molar refractivity (Wildman–Crippen MR) is 97.1 cm³/mol. The molecule has 2 atom stereocenters. The number of primary amides is 1. The molecule has 0 saturated carbocycles. The third-order valence-electron chi connectivity index (χ3n) is 4.47. The summed E-state index contributed by atoms with van der Waals surface area (Å²) in [7, 11) is 0. The average molecular weight is 394 g/mol. The largest absolute Gasteiger partial charge is 0.416 e. The van der Waals surface area contributed by atoms with Crippen LogP contribution in [-0.2, 0) is 22.2 Å². The minimum Gasteiger partial charge on any atom is -0.378 e. The average Bonchev–Trinajstić information content (AvgIpc) is 2.62. The van der Waals surface area contributed by atoms with Crippen molar-refractivity contribution in [2.45, 2.75) is 38.6 Å². The van der Waals surface area contributed by atoms with Crippen LogP contribution in [0.3, 0.4) is 0 Å². The van der Waals surface area contributed by atoms with E-state index < -0.39 is 35.7 Å². The van der Waals surface area contributed by atoms with Crippen LogP contribution in [0.25, 0.3) is 0 Å². The van der Waals surface area contributed by atoms with Crippen molar-refractivity contribution in [3.8, 4) is 0 Å². The van der Waals surface area contributed by atoms with Crippen LogP contribution in [-0.4, -0.2) is 23.0 Å². The molecule has 0 aliphatic rings. The molecule has 5 nitrogen and oxygen atoms in total. The van der Waals surface area contributed by atoms with Gasteiger partial charge in [0.15, 0.2) is 6.10 Å². The molecule has 0 unspecified atom stereocenters. The van der Waals surface area contributed by atoms with Crippen LogP contribution in [0.1, 0.15) is 33.9 Å². The van der Waals surface area contributed by atoms with Gasteiger partial charge in [-0.1, -0.05) is 30.3 Å². The van der Waals surface area contributed by atoms with Crippen molar-refractivity contribution in [1.29, 1.82) is 0 Å². The van der Waals surface area contributed by atoms with E-state index in [1.165, 1.54) is 0 Å². The number of alkyl halides is 3. The summed E-state index contributed by atoms with van der Waals surface area (Å²) < 4.78 is 37.8. The van der Waals surface area contributed by atoms with E-state index in [1.807, 2.05) is 26.0 Å².